The van der Waals surface area contributed by atoms with Gasteiger partial charge in [0.25, 0.3) is 0 Å². The minimum atomic E-state index is -0.686. The second-order valence-electron chi connectivity index (χ2n) is 15.4. The van der Waals surface area contributed by atoms with E-state index >= 15 is 0 Å². The molecule has 2 fully saturated rings. The summed E-state index contributed by atoms with van der Waals surface area (Å²) < 4.78 is 9.50. The number of hydrogen-bond donors (Lipinski definition) is 4. The summed E-state index contributed by atoms with van der Waals surface area (Å²) in [6.07, 6.45) is 2.98. The fourth-order valence-corrected chi connectivity index (χ4v) is 7.72. The van der Waals surface area contributed by atoms with Gasteiger partial charge in [-0.05, 0) is 71.0 Å². The molecule has 14 nitrogen and oxygen atoms in total. The first kappa shape index (κ1) is 39.1. The number of aromatic nitrogens is 4. The van der Waals surface area contributed by atoms with Crippen LogP contribution in [0.4, 0.5) is 9.59 Å². The molecule has 0 spiro atoms. The number of carbonyl (C=O) groups excluding carboxylic acids is 4. The molecule has 1 unspecified atom stereocenters. The molecule has 0 saturated carbocycles. The van der Waals surface area contributed by atoms with E-state index in [9.17, 15) is 19.2 Å². The SMILES string of the molecule is COC(=O)NC(C(=O)N1CCC[C@H]1c1ncc(-c2ccc(-c3ccc(-c4ccc5nc([C@@H]6CCN6C(=O)[C@@H](NC(=O)OC)C(C)C)[nH]c5c4)cc3)cc2)[nH]1)C(C)C. The standard InChI is InChI=1S/C43H50N8O6/c1-24(2)36(48-42(54)56-5)40(52)50-20-7-8-34(50)38-44-23-33(47-38)29-15-13-27(14-16-29)26-9-11-28(12-10-26)30-17-18-31-32(22-30)46-39(45-31)35-19-21-51(35)41(53)37(25(3)4)49-43(55)57-6/h9-18,22-25,34-37H,7-8,19-21H2,1-6H3,(H,44,47)(H,45,46)(H,48,54)(H,49,55)/t34-,35-,36?,37-/m0/s1. The van der Waals surface area contributed by atoms with Gasteiger partial charge in [-0.15, -0.1) is 0 Å². The summed E-state index contributed by atoms with van der Waals surface area (Å²) in [5, 5.41) is 5.37. The molecular weight excluding hydrogens is 725 g/mol. The van der Waals surface area contributed by atoms with Gasteiger partial charge in [-0.1, -0.05) is 82.3 Å². The molecule has 5 aromatic rings. The molecule has 7 rings (SSSR count). The normalized spacial score (nSPS) is 17.7. The maximum atomic E-state index is 13.5. The second kappa shape index (κ2) is 16.5. The Bertz CT molecular complexity index is 2250. The number of alkyl carbamates (subject to hydrolysis) is 2. The summed E-state index contributed by atoms with van der Waals surface area (Å²) in [6.45, 7) is 8.79. The Morgan fingerprint density at radius 3 is 1.70 bits per heavy atom. The highest BCUT2D eigenvalue weighted by atomic mass is 16.5. The van der Waals surface area contributed by atoms with Crippen LogP contribution in [0.3, 0.4) is 0 Å². The lowest BCUT2D eigenvalue weighted by Gasteiger charge is -2.42. The van der Waals surface area contributed by atoms with E-state index in [1.807, 2.05) is 38.7 Å². The molecule has 2 saturated heterocycles. The molecule has 2 aliphatic heterocycles. The van der Waals surface area contributed by atoms with Gasteiger partial charge in [0.15, 0.2) is 0 Å². The Labute approximate surface area is 331 Å². The number of carbonyl (C=O) groups is 4. The van der Waals surface area contributed by atoms with Crippen LogP contribution >= 0.6 is 0 Å². The zero-order chi connectivity index (χ0) is 40.4. The first-order valence-electron chi connectivity index (χ1n) is 19.5. The molecule has 2 aromatic heterocycles. The number of H-pyrrole nitrogens is 2. The van der Waals surface area contributed by atoms with E-state index in [-0.39, 0.29) is 35.7 Å². The van der Waals surface area contributed by atoms with Crippen LogP contribution in [0.25, 0.3) is 44.5 Å². The number of nitrogens with one attached hydrogen (secondary N) is 4. The maximum absolute atomic E-state index is 13.5. The number of ether oxygens (including phenoxy) is 2. The van der Waals surface area contributed by atoms with Crippen LogP contribution in [-0.4, -0.2) is 93.1 Å². The molecule has 14 heteroatoms. The van der Waals surface area contributed by atoms with Crippen molar-refractivity contribution in [3.05, 3.63) is 84.6 Å². The number of imidazole rings is 2. The smallest absolute Gasteiger partial charge is 0.407 e. The minimum Gasteiger partial charge on any atom is -0.453 e. The van der Waals surface area contributed by atoms with E-state index in [1.165, 1.54) is 14.2 Å². The summed E-state index contributed by atoms with van der Waals surface area (Å²) in [5.74, 6) is 0.968. The van der Waals surface area contributed by atoms with Gasteiger partial charge in [-0.3, -0.25) is 9.59 Å². The number of methoxy groups -OCH3 is 2. The predicted octanol–water partition coefficient (Wildman–Crippen LogP) is 6.99. The van der Waals surface area contributed by atoms with Crippen molar-refractivity contribution in [2.45, 2.75) is 71.1 Å². The summed E-state index contributed by atoms with van der Waals surface area (Å²) in [4.78, 5) is 70.7. The number of rotatable bonds is 11. The molecule has 298 valence electrons. The average molecular weight is 775 g/mol. The Kier molecular flexibility index (Phi) is 11.3. The van der Waals surface area contributed by atoms with Gasteiger partial charge < -0.3 is 39.9 Å². The van der Waals surface area contributed by atoms with Gasteiger partial charge in [-0.2, -0.15) is 0 Å². The van der Waals surface area contributed by atoms with E-state index in [1.54, 1.807) is 11.1 Å². The molecular formula is C43H50N8O6. The van der Waals surface area contributed by atoms with Crippen LogP contribution in [0.15, 0.2) is 72.9 Å². The van der Waals surface area contributed by atoms with Crippen molar-refractivity contribution in [2.24, 2.45) is 11.8 Å². The van der Waals surface area contributed by atoms with Crippen LogP contribution in [0.1, 0.15) is 70.7 Å². The number of aromatic amines is 2. The number of nitrogens with zero attached hydrogens (tertiary/aromatic N) is 4. The van der Waals surface area contributed by atoms with Gasteiger partial charge in [0.2, 0.25) is 11.8 Å². The highest BCUT2D eigenvalue weighted by Crippen LogP contribution is 2.36. The van der Waals surface area contributed by atoms with E-state index in [2.05, 4.69) is 86.2 Å². The summed E-state index contributed by atoms with van der Waals surface area (Å²) in [7, 11) is 2.58. The van der Waals surface area contributed by atoms with E-state index in [0.717, 1.165) is 75.5 Å². The molecule has 57 heavy (non-hydrogen) atoms. The third-order valence-electron chi connectivity index (χ3n) is 11.1. The molecule has 4 heterocycles. The fourth-order valence-electron chi connectivity index (χ4n) is 7.72. The number of amides is 4. The topological polar surface area (TPSA) is 175 Å². The zero-order valence-corrected chi connectivity index (χ0v) is 33.2. The lowest BCUT2D eigenvalue weighted by atomic mass is 9.96. The Balaban J connectivity index is 1.01. The first-order chi connectivity index (χ1) is 27.4. The Morgan fingerprint density at radius 2 is 1.18 bits per heavy atom. The van der Waals surface area contributed by atoms with Gasteiger partial charge in [0.1, 0.15) is 23.7 Å². The summed E-state index contributed by atoms with van der Waals surface area (Å²) >= 11 is 0. The number of benzene rings is 3. The van der Waals surface area contributed by atoms with Gasteiger partial charge in [0.05, 0.1) is 49.2 Å². The number of likely N-dealkylation sites (tertiary alicyclic amines) is 2. The monoisotopic (exact) mass is 774 g/mol. The van der Waals surface area contributed by atoms with Crippen LogP contribution in [-0.2, 0) is 19.1 Å². The molecule has 0 bridgehead atoms. The van der Waals surface area contributed by atoms with E-state index in [4.69, 9.17) is 14.5 Å². The van der Waals surface area contributed by atoms with Crippen molar-refractivity contribution in [1.29, 1.82) is 0 Å². The van der Waals surface area contributed by atoms with Crippen LogP contribution in [0, 0.1) is 11.8 Å². The van der Waals surface area contributed by atoms with Crippen molar-refractivity contribution < 1.29 is 28.7 Å². The largest absolute Gasteiger partial charge is 0.453 e. The van der Waals surface area contributed by atoms with Crippen LogP contribution in [0.5, 0.6) is 0 Å². The van der Waals surface area contributed by atoms with Crippen LogP contribution < -0.4 is 10.6 Å². The lowest BCUT2D eigenvalue weighted by Crippen LogP contribution is -2.56. The summed E-state index contributed by atoms with van der Waals surface area (Å²) in [6, 6.07) is 21.1. The molecule has 4 atom stereocenters. The van der Waals surface area contributed by atoms with Crippen molar-refractivity contribution in [2.75, 3.05) is 27.3 Å². The molecule has 0 aliphatic carbocycles. The summed E-state index contributed by atoms with van der Waals surface area (Å²) in [5.41, 5.74) is 7.82. The maximum Gasteiger partial charge on any atom is 0.407 e. The second-order valence-corrected chi connectivity index (χ2v) is 15.4. The highest BCUT2D eigenvalue weighted by molar-refractivity contribution is 5.88. The van der Waals surface area contributed by atoms with Crippen LogP contribution in [0.2, 0.25) is 0 Å². The van der Waals surface area contributed by atoms with Crippen molar-refractivity contribution in [3.63, 3.8) is 0 Å². The minimum absolute atomic E-state index is 0.101. The third-order valence-corrected chi connectivity index (χ3v) is 11.1. The molecule has 0 radical (unpaired) electrons. The van der Waals surface area contributed by atoms with Crippen molar-refractivity contribution in [1.82, 2.24) is 40.4 Å². The van der Waals surface area contributed by atoms with E-state index in [0.29, 0.717) is 13.1 Å². The van der Waals surface area contributed by atoms with E-state index < -0.39 is 24.3 Å². The Hall–Kier alpha value is -6.18. The predicted molar refractivity (Wildman–Crippen MR) is 216 cm³/mol. The Morgan fingerprint density at radius 1 is 0.667 bits per heavy atom. The molecule has 4 N–H and O–H groups in total. The number of hydrogen-bond acceptors (Lipinski definition) is 8. The van der Waals surface area contributed by atoms with Gasteiger partial charge in [-0.25, -0.2) is 19.6 Å². The fraction of sp³-hybridized carbons (Fsp3) is 0.395. The van der Waals surface area contributed by atoms with Crippen molar-refractivity contribution >= 4 is 35.0 Å². The third kappa shape index (κ3) is 8.07. The molecule has 3 aromatic carbocycles. The first-order valence-corrected chi connectivity index (χ1v) is 19.5. The number of fused-ring (bicyclic) bond motifs is 1. The highest BCUT2D eigenvalue weighted by Gasteiger charge is 2.40. The molecule has 2 aliphatic rings. The quantitative estimate of drug-likeness (QED) is 0.111. The molecule has 4 amide bonds. The van der Waals surface area contributed by atoms with Gasteiger partial charge >= 0.3 is 12.2 Å². The van der Waals surface area contributed by atoms with Gasteiger partial charge in [0, 0.05) is 13.1 Å². The zero-order valence-electron chi connectivity index (χ0n) is 33.2. The van der Waals surface area contributed by atoms with Crippen molar-refractivity contribution in [3.8, 4) is 33.5 Å². The lowest BCUT2D eigenvalue weighted by molar-refractivity contribution is -0.142. The average Bonchev–Trinajstić information content (AvgIpc) is 3.98.